The molecule has 22 heavy (non-hydrogen) atoms. The molecule has 0 N–H and O–H groups in total. The van der Waals surface area contributed by atoms with Crippen molar-refractivity contribution in [1.29, 1.82) is 0 Å². The number of hydrogen-bond acceptors (Lipinski definition) is 3. The quantitative estimate of drug-likeness (QED) is 0.321. The first-order valence-electron chi connectivity index (χ1n) is 8.27. The number of methoxy groups -OCH3 is 1. The fourth-order valence-corrected chi connectivity index (χ4v) is 2.08. The van der Waals surface area contributed by atoms with Crippen molar-refractivity contribution in [2.45, 2.75) is 78.9 Å². The van der Waals surface area contributed by atoms with E-state index in [1.807, 2.05) is 26.8 Å². The van der Waals surface area contributed by atoms with Crippen LogP contribution in [0, 0.1) is 5.92 Å². The van der Waals surface area contributed by atoms with Crippen molar-refractivity contribution in [3.05, 3.63) is 23.8 Å². The molecule has 1 atom stereocenters. The lowest BCUT2D eigenvalue weighted by atomic mass is 9.95. The third kappa shape index (κ3) is 11.6. The average Bonchev–Trinajstić information content (AvgIpc) is 2.37. The third-order valence-electron chi connectivity index (χ3n) is 3.64. The van der Waals surface area contributed by atoms with Crippen LogP contribution in [0.15, 0.2) is 23.8 Å². The highest BCUT2D eigenvalue weighted by atomic mass is 16.5. The van der Waals surface area contributed by atoms with Gasteiger partial charge in [0.25, 0.3) is 0 Å². The summed E-state index contributed by atoms with van der Waals surface area (Å²) in [7, 11) is 1.77. The van der Waals surface area contributed by atoms with Gasteiger partial charge in [-0.1, -0.05) is 31.9 Å². The van der Waals surface area contributed by atoms with Crippen LogP contribution in [0.4, 0.5) is 0 Å². The molecule has 0 amide bonds. The lowest BCUT2D eigenvalue weighted by molar-refractivity contribution is -0.141. The number of rotatable bonds is 10. The molecule has 0 saturated carbocycles. The highest BCUT2D eigenvalue weighted by molar-refractivity contribution is 5.83. The van der Waals surface area contributed by atoms with E-state index in [1.54, 1.807) is 13.2 Å². The Bertz CT molecular complexity index is 378. The van der Waals surface area contributed by atoms with E-state index in [0.29, 0.717) is 5.92 Å². The largest absolute Gasteiger partial charge is 0.460 e. The summed E-state index contributed by atoms with van der Waals surface area (Å²) in [6.07, 6.45) is 10.1. The number of carbonyl (C=O) groups excluding carboxylic acids is 1. The number of allylic oxidation sites excluding steroid dienone is 3. The molecule has 0 radical (unpaired) electrons. The van der Waals surface area contributed by atoms with Gasteiger partial charge >= 0.3 is 5.97 Å². The van der Waals surface area contributed by atoms with Gasteiger partial charge in [0.1, 0.15) is 0 Å². The maximum absolute atomic E-state index is 11.5. The summed E-state index contributed by atoms with van der Waals surface area (Å²) in [5, 5.41) is 0. The molecule has 0 aromatic rings. The van der Waals surface area contributed by atoms with Gasteiger partial charge in [-0.05, 0) is 59.0 Å². The fourth-order valence-electron chi connectivity index (χ4n) is 2.08. The van der Waals surface area contributed by atoms with Crippen LogP contribution in [0.2, 0.25) is 0 Å². The standard InChI is InChI=1S/C19H34O3/c1-15(2)22-18(20)14-17(4)11-8-10-16(3)12-9-13-19(5,6)21-7/h8,11,14-16H,9-10,12-13H2,1-7H3/t16-/m1/s1. The molecule has 0 unspecified atom stereocenters. The van der Waals surface area contributed by atoms with Gasteiger partial charge in [0, 0.05) is 13.2 Å². The first-order chi connectivity index (χ1) is 10.2. The zero-order valence-electron chi connectivity index (χ0n) is 15.4. The Labute approximate surface area is 136 Å². The van der Waals surface area contributed by atoms with Crippen LogP contribution in [0.25, 0.3) is 0 Å². The second kappa shape index (κ2) is 10.6. The molecule has 0 aromatic carbocycles. The van der Waals surface area contributed by atoms with Crippen LogP contribution in [-0.4, -0.2) is 24.8 Å². The van der Waals surface area contributed by atoms with Gasteiger partial charge in [-0.25, -0.2) is 4.79 Å². The highest BCUT2D eigenvalue weighted by Crippen LogP contribution is 2.20. The van der Waals surface area contributed by atoms with Crippen LogP contribution in [-0.2, 0) is 14.3 Å². The van der Waals surface area contributed by atoms with Crippen LogP contribution in [0.3, 0.4) is 0 Å². The summed E-state index contributed by atoms with van der Waals surface area (Å²) >= 11 is 0. The minimum Gasteiger partial charge on any atom is -0.460 e. The van der Waals surface area contributed by atoms with Crippen LogP contribution < -0.4 is 0 Å². The van der Waals surface area contributed by atoms with E-state index < -0.39 is 0 Å². The molecule has 0 saturated heterocycles. The Morgan fingerprint density at radius 2 is 1.86 bits per heavy atom. The summed E-state index contributed by atoms with van der Waals surface area (Å²) < 4.78 is 10.5. The highest BCUT2D eigenvalue weighted by Gasteiger charge is 2.15. The number of ether oxygens (including phenoxy) is 2. The van der Waals surface area contributed by atoms with Gasteiger partial charge in [0.05, 0.1) is 11.7 Å². The molecule has 0 heterocycles. The Balaban J connectivity index is 4.05. The van der Waals surface area contributed by atoms with Crippen LogP contribution >= 0.6 is 0 Å². The summed E-state index contributed by atoms with van der Waals surface area (Å²) in [5.74, 6) is 0.367. The molecule has 0 fully saturated rings. The monoisotopic (exact) mass is 310 g/mol. The Morgan fingerprint density at radius 1 is 1.23 bits per heavy atom. The van der Waals surface area contributed by atoms with E-state index in [1.165, 1.54) is 12.8 Å². The molecule has 0 aromatic heterocycles. The lowest BCUT2D eigenvalue weighted by Gasteiger charge is -2.23. The smallest absolute Gasteiger partial charge is 0.331 e. The van der Waals surface area contributed by atoms with Crippen molar-refractivity contribution < 1.29 is 14.3 Å². The zero-order chi connectivity index (χ0) is 17.2. The number of esters is 1. The SMILES string of the molecule is COC(C)(C)CCC[C@H](C)CC=CC(C)=CC(=O)OC(C)C. The van der Waals surface area contributed by atoms with Crippen LogP contribution in [0.5, 0.6) is 0 Å². The van der Waals surface area contributed by atoms with Gasteiger partial charge in [0.15, 0.2) is 0 Å². The van der Waals surface area contributed by atoms with Crippen molar-refractivity contribution in [1.82, 2.24) is 0 Å². The van der Waals surface area contributed by atoms with Gasteiger partial charge in [0.2, 0.25) is 0 Å². The molecular weight excluding hydrogens is 276 g/mol. The van der Waals surface area contributed by atoms with E-state index in [2.05, 4.69) is 26.8 Å². The van der Waals surface area contributed by atoms with Gasteiger partial charge in [-0.15, -0.1) is 0 Å². The minimum absolute atomic E-state index is 0.0222. The summed E-state index contributed by atoms with van der Waals surface area (Å²) in [5.41, 5.74) is 0.907. The summed E-state index contributed by atoms with van der Waals surface area (Å²) in [6, 6.07) is 0. The van der Waals surface area contributed by atoms with Gasteiger partial charge < -0.3 is 9.47 Å². The van der Waals surface area contributed by atoms with Gasteiger partial charge in [-0.3, -0.25) is 0 Å². The first-order valence-corrected chi connectivity index (χ1v) is 8.27. The molecule has 3 nitrogen and oxygen atoms in total. The second-order valence-electron chi connectivity index (χ2n) is 6.97. The zero-order valence-corrected chi connectivity index (χ0v) is 15.4. The molecule has 0 aliphatic heterocycles. The Kier molecular flexibility index (Phi) is 10.1. The fraction of sp³-hybridized carbons (Fsp3) is 0.737. The predicted molar refractivity (Wildman–Crippen MR) is 92.8 cm³/mol. The van der Waals surface area contributed by atoms with E-state index in [9.17, 15) is 4.79 Å². The predicted octanol–water partition coefficient (Wildman–Crippen LogP) is 5.06. The molecule has 128 valence electrons. The maximum atomic E-state index is 11.5. The van der Waals surface area contributed by atoms with Crippen molar-refractivity contribution in [3.63, 3.8) is 0 Å². The molecule has 0 aliphatic carbocycles. The molecular formula is C19H34O3. The molecule has 0 spiro atoms. The van der Waals surface area contributed by atoms with Crippen molar-refractivity contribution in [2.24, 2.45) is 5.92 Å². The van der Waals surface area contributed by atoms with Gasteiger partial charge in [-0.2, -0.15) is 0 Å². The average molecular weight is 310 g/mol. The third-order valence-corrected chi connectivity index (χ3v) is 3.64. The van der Waals surface area contributed by atoms with E-state index >= 15 is 0 Å². The van der Waals surface area contributed by atoms with E-state index in [0.717, 1.165) is 18.4 Å². The van der Waals surface area contributed by atoms with Crippen molar-refractivity contribution in [2.75, 3.05) is 7.11 Å². The van der Waals surface area contributed by atoms with Crippen molar-refractivity contribution in [3.8, 4) is 0 Å². The minimum atomic E-state index is -0.271. The molecule has 0 rings (SSSR count). The van der Waals surface area contributed by atoms with Crippen LogP contribution in [0.1, 0.15) is 67.2 Å². The summed E-state index contributed by atoms with van der Waals surface area (Å²) in [4.78, 5) is 11.5. The van der Waals surface area contributed by atoms with E-state index in [-0.39, 0.29) is 17.7 Å². The first kappa shape index (κ1) is 20.9. The molecule has 3 heteroatoms. The lowest BCUT2D eigenvalue weighted by Crippen LogP contribution is -2.22. The van der Waals surface area contributed by atoms with Crippen molar-refractivity contribution >= 4 is 5.97 Å². The number of carbonyl (C=O) groups is 1. The Morgan fingerprint density at radius 3 is 2.41 bits per heavy atom. The topological polar surface area (TPSA) is 35.5 Å². The number of hydrogen-bond donors (Lipinski definition) is 0. The summed E-state index contributed by atoms with van der Waals surface area (Å²) in [6.45, 7) is 12.1. The normalized spacial score (nSPS) is 14.6. The maximum Gasteiger partial charge on any atom is 0.331 e. The Hall–Kier alpha value is -1.09. The van der Waals surface area contributed by atoms with E-state index in [4.69, 9.17) is 9.47 Å². The second-order valence-corrected chi connectivity index (χ2v) is 6.97. The molecule has 0 bridgehead atoms. The molecule has 0 aliphatic rings.